The molecule has 1 saturated carbocycles. The predicted molar refractivity (Wildman–Crippen MR) is 100.0 cm³/mol. The first-order valence-corrected chi connectivity index (χ1v) is 8.88. The van der Waals surface area contributed by atoms with Gasteiger partial charge in [-0.2, -0.15) is 0 Å². The lowest BCUT2D eigenvalue weighted by molar-refractivity contribution is -0.149. The Morgan fingerprint density at radius 3 is 2.58 bits per heavy atom. The number of hydrogen-bond acceptors (Lipinski definition) is 4. The molecule has 0 bridgehead atoms. The number of carbonyl (C=O) groups is 1. The molecule has 1 aromatic heterocycles. The maximum Gasteiger partial charge on any atom is 0.310 e. The number of pyridine rings is 1. The van der Waals surface area contributed by atoms with Crippen LogP contribution in [0.25, 0.3) is 10.9 Å². The van der Waals surface area contributed by atoms with E-state index in [1.807, 2.05) is 61.5 Å². The number of nitrogens with zero attached hydrogens (tertiary/aromatic N) is 1. The van der Waals surface area contributed by atoms with Crippen molar-refractivity contribution in [2.24, 2.45) is 0 Å². The fourth-order valence-electron chi connectivity index (χ4n) is 2.81. The maximum atomic E-state index is 11.9. The van der Waals surface area contributed by atoms with Crippen molar-refractivity contribution in [2.75, 3.05) is 0 Å². The van der Waals surface area contributed by atoms with E-state index in [2.05, 4.69) is 11.1 Å². The van der Waals surface area contributed by atoms with Crippen LogP contribution in [0.4, 0.5) is 0 Å². The van der Waals surface area contributed by atoms with E-state index in [1.165, 1.54) is 0 Å². The van der Waals surface area contributed by atoms with Crippen LogP contribution in [-0.2, 0) is 22.6 Å². The van der Waals surface area contributed by atoms with Gasteiger partial charge in [0.15, 0.2) is 0 Å². The van der Waals surface area contributed by atoms with Gasteiger partial charge in [0.2, 0.25) is 0 Å². The van der Waals surface area contributed by atoms with Crippen LogP contribution in [0.3, 0.4) is 0 Å². The van der Waals surface area contributed by atoms with E-state index in [1.54, 1.807) is 0 Å². The lowest BCUT2D eigenvalue weighted by atomic mass is 10.1. The number of aromatic nitrogens is 1. The molecular formula is C22H21NO3. The minimum atomic E-state index is -0.215. The molecule has 0 radical (unpaired) electrons. The molecule has 4 heteroatoms. The minimum Gasteiger partial charge on any atom is -0.487 e. The van der Waals surface area contributed by atoms with Gasteiger partial charge in [-0.25, -0.2) is 4.98 Å². The van der Waals surface area contributed by atoms with Crippen molar-refractivity contribution in [3.8, 4) is 5.75 Å². The molecule has 0 saturated heterocycles. The van der Waals surface area contributed by atoms with Gasteiger partial charge in [-0.3, -0.25) is 4.79 Å². The first-order chi connectivity index (χ1) is 12.6. The van der Waals surface area contributed by atoms with Crippen LogP contribution < -0.4 is 4.74 Å². The third-order valence-electron chi connectivity index (χ3n) is 4.63. The third-order valence-corrected chi connectivity index (χ3v) is 4.63. The molecule has 1 heterocycles. The van der Waals surface area contributed by atoms with Crippen molar-refractivity contribution in [2.45, 2.75) is 38.4 Å². The zero-order valence-electron chi connectivity index (χ0n) is 14.8. The molecule has 1 fully saturated rings. The fourth-order valence-corrected chi connectivity index (χ4v) is 2.81. The van der Waals surface area contributed by atoms with Gasteiger partial charge in [-0.1, -0.05) is 36.4 Å². The van der Waals surface area contributed by atoms with E-state index < -0.39 is 0 Å². The van der Waals surface area contributed by atoms with Crippen LogP contribution in [0, 0.1) is 0 Å². The molecule has 0 atom stereocenters. The SMILES string of the molecule is CC1(OC(=O)Cc2ccc(OCc3ccc4ccccc4n3)cc2)CC1. The summed E-state index contributed by atoms with van der Waals surface area (Å²) in [5, 5.41) is 1.12. The first kappa shape index (κ1) is 16.6. The molecular weight excluding hydrogens is 326 g/mol. The Kier molecular flexibility index (Phi) is 4.33. The summed E-state index contributed by atoms with van der Waals surface area (Å²) in [6.45, 7) is 2.38. The Bertz CT molecular complexity index is 930. The number of fused-ring (bicyclic) bond motifs is 1. The molecule has 4 nitrogen and oxygen atoms in total. The number of benzene rings is 2. The van der Waals surface area contributed by atoms with Crippen molar-refractivity contribution in [3.05, 3.63) is 71.9 Å². The van der Waals surface area contributed by atoms with Crippen LogP contribution in [-0.4, -0.2) is 16.6 Å². The van der Waals surface area contributed by atoms with Crippen molar-refractivity contribution >= 4 is 16.9 Å². The van der Waals surface area contributed by atoms with Gasteiger partial charge in [0.05, 0.1) is 17.6 Å². The Morgan fingerprint density at radius 1 is 1.04 bits per heavy atom. The number of carbonyl (C=O) groups excluding carboxylic acids is 1. The molecule has 0 aliphatic heterocycles. The maximum absolute atomic E-state index is 11.9. The molecule has 1 aliphatic carbocycles. The van der Waals surface area contributed by atoms with Crippen LogP contribution in [0.1, 0.15) is 31.0 Å². The average Bonchev–Trinajstić information content (AvgIpc) is 3.37. The zero-order chi connectivity index (χ0) is 18.0. The molecule has 132 valence electrons. The van der Waals surface area contributed by atoms with Crippen molar-refractivity contribution < 1.29 is 14.3 Å². The fraction of sp³-hybridized carbons (Fsp3) is 0.273. The Hall–Kier alpha value is -2.88. The van der Waals surface area contributed by atoms with Crippen molar-refractivity contribution in [1.82, 2.24) is 4.98 Å². The van der Waals surface area contributed by atoms with Gasteiger partial charge < -0.3 is 9.47 Å². The predicted octanol–water partition coefficient (Wildman–Crippen LogP) is 4.45. The topological polar surface area (TPSA) is 48.4 Å². The third kappa shape index (κ3) is 4.02. The van der Waals surface area contributed by atoms with E-state index in [0.717, 1.165) is 40.8 Å². The van der Waals surface area contributed by atoms with Gasteiger partial charge in [-0.05, 0) is 49.6 Å². The Labute approximate surface area is 152 Å². The number of rotatable bonds is 6. The van der Waals surface area contributed by atoms with Crippen molar-refractivity contribution in [1.29, 1.82) is 0 Å². The van der Waals surface area contributed by atoms with Gasteiger partial charge in [0.1, 0.15) is 18.0 Å². The highest BCUT2D eigenvalue weighted by Crippen LogP contribution is 2.38. The molecule has 0 unspecified atom stereocenters. The molecule has 1 aliphatic rings. The lowest BCUT2D eigenvalue weighted by Crippen LogP contribution is -2.17. The minimum absolute atomic E-state index is 0.168. The Balaban J connectivity index is 1.33. The van der Waals surface area contributed by atoms with E-state index >= 15 is 0 Å². The summed E-state index contributed by atoms with van der Waals surface area (Å²) in [6, 6.07) is 19.6. The number of para-hydroxylation sites is 1. The average molecular weight is 347 g/mol. The molecule has 0 amide bonds. The highest BCUT2D eigenvalue weighted by molar-refractivity contribution is 5.78. The smallest absolute Gasteiger partial charge is 0.310 e. The first-order valence-electron chi connectivity index (χ1n) is 8.88. The van der Waals surface area contributed by atoms with Crippen LogP contribution in [0.5, 0.6) is 5.75 Å². The van der Waals surface area contributed by atoms with Gasteiger partial charge in [0.25, 0.3) is 0 Å². The molecule has 0 N–H and O–H groups in total. The molecule has 26 heavy (non-hydrogen) atoms. The number of hydrogen-bond donors (Lipinski definition) is 0. The van der Waals surface area contributed by atoms with E-state index in [9.17, 15) is 4.79 Å². The van der Waals surface area contributed by atoms with Crippen LogP contribution in [0.15, 0.2) is 60.7 Å². The van der Waals surface area contributed by atoms with Gasteiger partial charge >= 0.3 is 5.97 Å². The second-order valence-electron chi connectivity index (χ2n) is 7.03. The number of ether oxygens (including phenoxy) is 2. The van der Waals surface area contributed by atoms with Crippen LogP contribution >= 0.6 is 0 Å². The molecule has 4 rings (SSSR count). The summed E-state index contributed by atoms with van der Waals surface area (Å²) in [5.41, 5.74) is 2.56. The summed E-state index contributed by atoms with van der Waals surface area (Å²) in [4.78, 5) is 16.5. The summed E-state index contributed by atoms with van der Waals surface area (Å²) >= 11 is 0. The summed E-state index contributed by atoms with van der Waals surface area (Å²) in [6.07, 6.45) is 2.23. The van der Waals surface area contributed by atoms with E-state index in [0.29, 0.717) is 13.0 Å². The zero-order valence-corrected chi connectivity index (χ0v) is 14.8. The van der Waals surface area contributed by atoms with E-state index in [-0.39, 0.29) is 11.6 Å². The van der Waals surface area contributed by atoms with Crippen LogP contribution in [0.2, 0.25) is 0 Å². The Morgan fingerprint density at radius 2 is 1.81 bits per heavy atom. The summed E-state index contributed by atoms with van der Waals surface area (Å²) in [7, 11) is 0. The monoisotopic (exact) mass is 347 g/mol. The molecule has 2 aromatic carbocycles. The van der Waals surface area contributed by atoms with Gasteiger partial charge in [-0.15, -0.1) is 0 Å². The quantitative estimate of drug-likeness (QED) is 0.618. The largest absolute Gasteiger partial charge is 0.487 e. The second-order valence-corrected chi connectivity index (χ2v) is 7.03. The normalized spacial score (nSPS) is 14.8. The highest BCUT2D eigenvalue weighted by Gasteiger charge is 2.41. The molecule has 3 aromatic rings. The highest BCUT2D eigenvalue weighted by atomic mass is 16.6. The van der Waals surface area contributed by atoms with Gasteiger partial charge in [0, 0.05) is 5.39 Å². The lowest BCUT2D eigenvalue weighted by Gasteiger charge is -2.11. The summed E-state index contributed by atoms with van der Waals surface area (Å²) < 4.78 is 11.3. The number of esters is 1. The standard InChI is InChI=1S/C22H21NO3/c1-22(12-13-22)26-21(24)14-16-6-10-19(11-7-16)25-15-18-9-8-17-4-2-3-5-20(17)23-18/h2-11H,12-15H2,1H3. The van der Waals surface area contributed by atoms with Crippen molar-refractivity contribution in [3.63, 3.8) is 0 Å². The second kappa shape index (κ2) is 6.79. The molecule has 0 spiro atoms. The van der Waals surface area contributed by atoms with E-state index in [4.69, 9.17) is 9.47 Å². The summed E-state index contributed by atoms with van der Waals surface area (Å²) in [5.74, 6) is 0.588.